The molecule has 0 saturated carbocycles. The highest BCUT2D eigenvalue weighted by Crippen LogP contribution is 2.25. The van der Waals surface area contributed by atoms with Crippen molar-refractivity contribution in [2.75, 3.05) is 18.4 Å². The summed E-state index contributed by atoms with van der Waals surface area (Å²) >= 11 is 0. The summed E-state index contributed by atoms with van der Waals surface area (Å²) in [5.41, 5.74) is 0.738. The van der Waals surface area contributed by atoms with Crippen molar-refractivity contribution < 1.29 is 9.53 Å². The highest BCUT2D eigenvalue weighted by atomic mass is 16.5. The van der Waals surface area contributed by atoms with Crippen molar-refractivity contribution in [1.82, 2.24) is 5.32 Å². The lowest BCUT2D eigenvalue weighted by Crippen LogP contribution is -2.20. The van der Waals surface area contributed by atoms with Gasteiger partial charge in [-0.1, -0.05) is 12.1 Å². The monoisotopic (exact) mass is 220 g/mol. The average molecular weight is 220 g/mol. The van der Waals surface area contributed by atoms with Crippen molar-refractivity contribution in [3.63, 3.8) is 0 Å². The van der Waals surface area contributed by atoms with E-state index in [2.05, 4.69) is 10.6 Å². The fourth-order valence-electron chi connectivity index (χ4n) is 1.77. The van der Waals surface area contributed by atoms with Gasteiger partial charge in [-0.2, -0.15) is 0 Å². The van der Waals surface area contributed by atoms with Gasteiger partial charge in [0.05, 0.1) is 5.69 Å². The predicted octanol–water partition coefficient (Wildman–Crippen LogP) is 1.39. The molecule has 0 aliphatic carbocycles. The van der Waals surface area contributed by atoms with Gasteiger partial charge in [0, 0.05) is 13.5 Å². The molecule has 1 heterocycles. The van der Waals surface area contributed by atoms with Crippen molar-refractivity contribution in [2.24, 2.45) is 0 Å². The highest BCUT2D eigenvalue weighted by molar-refractivity contribution is 5.90. The molecule has 4 heteroatoms. The van der Waals surface area contributed by atoms with Gasteiger partial charge in [0.15, 0.2) is 0 Å². The van der Waals surface area contributed by atoms with Crippen LogP contribution in [0.5, 0.6) is 5.75 Å². The third kappa shape index (κ3) is 2.73. The van der Waals surface area contributed by atoms with Crippen LogP contribution in [0.25, 0.3) is 0 Å². The summed E-state index contributed by atoms with van der Waals surface area (Å²) < 4.78 is 5.83. The van der Waals surface area contributed by atoms with E-state index in [1.54, 1.807) is 0 Å². The molecule has 1 aromatic carbocycles. The molecule has 1 aliphatic heterocycles. The van der Waals surface area contributed by atoms with Crippen molar-refractivity contribution in [1.29, 1.82) is 0 Å². The molecule has 86 valence electrons. The maximum atomic E-state index is 11.0. The Balaban J connectivity index is 2.09. The number of anilines is 1. The topological polar surface area (TPSA) is 50.4 Å². The Morgan fingerprint density at radius 1 is 1.50 bits per heavy atom. The summed E-state index contributed by atoms with van der Waals surface area (Å²) in [5.74, 6) is 0.659. The van der Waals surface area contributed by atoms with E-state index < -0.39 is 0 Å². The summed E-state index contributed by atoms with van der Waals surface area (Å²) in [6, 6.07) is 7.51. The second kappa shape index (κ2) is 4.99. The van der Waals surface area contributed by atoms with E-state index in [0.717, 1.165) is 30.9 Å². The number of hydrogen-bond donors (Lipinski definition) is 2. The van der Waals surface area contributed by atoms with Crippen molar-refractivity contribution in [3.8, 4) is 5.75 Å². The van der Waals surface area contributed by atoms with E-state index in [-0.39, 0.29) is 12.0 Å². The van der Waals surface area contributed by atoms with Crippen LogP contribution in [0, 0.1) is 0 Å². The average Bonchev–Trinajstić information content (AvgIpc) is 2.73. The van der Waals surface area contributed by atoms with E-state index in [4.69, 9.17) is 4.74 Å². The smallest absolute Gasteiger partial charge is 0.221 e. The third-order valence-electron chi connectivity index (χ3n) is 2.51. The second-order valence-electron chi connectivity index (χ2n) is 3.91. The van der Waals surface area contributed by atoms with Crippen LogP contribution in [0.4, 0.5) is 5.69 Å². The van der Waals surface area contributed by atoms with Crippen LogP contribution in [0.3, 0.4) is 0 Å². The summed E-state index contributed by atoms with van der Waals surface area (Å²) in [7, 11) is 0. The molecule has 0 bridgehead atoms. The van der Waals surface area contributed by atoms with Gasteiger partial charge in [0.25, 0.3) is 0 Å². The van der Waals surface area contributed by atoms with E-state index in [0.29, 0.717) is 0 Å². The minimum Gasteiger partial charge on any atom is -0.487 e. The quantitative estimate of drug-likeness (QED) is 0.809. The normalized spacial score (nSPS) is 19.4. The first-order chi connectivity index (χ1) is 7.75. The Morgan fingerprint density at radius 3 is 3.00 bits per heavy atom. The van der Waals surface area contributed by atoms with Gasteiger partial charge < -0.3 is 15.4 Å². The van der Waals surface area contributed by atoms with Gasteiger partial charge in [-0.05, 0) is 25.1 Å². The molecule has 0 unspecified atom stereocenters. The first kappa shape index (κ1) is 11.0. The van der Waals surface area contributed by atoms with Gasteiger partial charge in [-0.15, -0.1) is 0 Å². The number of hydrogen-bond acceptors (Lipinski definition) is 3. The van der Waals surface area contributed by atoms with Crippen LogP contribution in [0.15, 0.2) is 24.3 Å². The molecule has 4 nitrogen and oxygen atoms in total. The zero-order valence-corrected chi connectivity index (χ0v) is 9.32. The van der Waals surface area contributed by atoms with Crippen molar-refractivity contribution >= 4 is 11.6 Å². The molecule has 1 aliphatic rings. The highest BCUT2D eigenvalue weighted by Gasteiger charge is 2.17. The van der Waals surface area contributed by atoms with E-state index in [1.165, 1.54) is 6.92 Å². The number of carbonyl (C=O) groups excluding carboxylic acids is 1. The Kier molecular flexibility index (Phi) is 3.41. The van der Waals surface area contributed by atoms with E-state index in [9.17, 15) is 4.79 Å². The number of ether oxygens (including phenoxy) is 1. The van der Waals surface area contributed by atoms with Gasteiger partial charge in [-0.25, -0.2) is 0 Å². The molecule has 2 N–H and O–H groups in total. The Bertz CT molecular complexity index is 373. The molecule has 0 spiro atoms. The number of carbonyl (C=O) groups is 1. The van der Waals surface area contributed by atoms with Crippen LogP contribution in [0.1, 0.15) is 13.3 Å². The van der Waals surface area contributed by atoms with Crippen LogP contribution < -0.4 is 15.4 Å². The molecule has 1 fully saturated rings. The van der Waals surface area contributed by atoms with Crippen molar-refractivity contribution in [3.05, 3.63) is 24.3 Å². The second-order valence-corrected chi connectivity index (χ2v) is 3.91. The van der Waals surface area contributed by atoms with Crippen LogP contribution in [0.2, 0.25) is 0 Å². The lowest BCUT2D eigenvalue weighted by molar-refractivity contribution is -0.114. The summed E-state index contributed by atoms with van der Waals surface area (Å²) in [4.78, 5) is 11.0. The molecule has 1 saturated heterocycles. The first-order valence-electron chi connectivity index (χ1n) is 5.49. The Labute approximate surface area is 95.0 Å². The van der Waals surface area contributed by atoms with Gasteiger partial charge >= 0.3 is 0 Å². The molecular formula is C12H16N2O2. The molecule has 1 aromatic rings. The summed E-state index contributed by atoms with van der Waals surface area (Å²) in [5, 5.41) is 6.00. The molecule has 1 amide bonds. The maximum Gasteiger partial charge on any atom is 0.221 e. The predicted molar refractivity (Wildman–Crippen MR) is 62.6 cm³/mol. The van der Waals surface area contributed by atoms with Crippen molar-refractivity contribution in [2.45, 2.75) is 19.4 Å². The van der Waals surface area contributed by atoms with Crippen LogP contribution in [-0.2, 0) is 4.79 Å². The fraction of sp³-hybridized carbons (Fsp3) is 0.417. The Hall–Kier alpha value is -1.55. The maximum absolute atomic E-state index is 11.0. The van der Waals surface area contributed by atoms with Crippen LogP contribution in [-0.4, -0.2) is 25.1 Å². The minimum absolute atomic E-state index is 0.0828. The minimum atomic E-state index is -0.0828. The number of amides is 1. The molecule has 16 heavy (non-hydrogen) atoms. The number of para-hydroxylation sites is 2. The third-order valence-corrected chi connectivity index (χ3v) is 2.51. The largest absolute Gasteiger partial charge is 0.487 e. The molecule has 1 atom stereocenters. The summed E-state index contributed by atoms with van der Waals surface area (Å²) in [6.45, 7) is 3.36. The lowest BCUT2D eigenvalue weighted by atomic mass is 10.2. The molecule has 0 aromatic heterocycles. The first-order valence-corrected chi connectivity index (χ1v) is 5.49. The number of nitrogens with one attached hydrogen (secondary N) is 2. The van der Waals surface area contributed by atoms with Gasteiger partial charge in [0.1, 0.15) is 11.9 Å². The van der Waals surface area contributed by atoms with Gasteiger partial charge in [0.2, 0.25) is 5.91 Å². The molecular weight excluding hydrogens is 204 g/mol. The standard InChI is InChI=1S/C12H16N2O2/c1-9(15)14-11-4-2-3-5-12(11)16-10-6-7-13-8-10/h2-5,10,13H,6-8H2,1H3,(H,14,15)/t10-/m0/s1. The zero-order chi connectivity index (χ0) is 11.4. The molecule has 0 radical (unpaired) electrons. The van der Waals surface area contributed by atoms with Gasteiger partial charge in [-0.3, -0.25) is 4.79 Å². The number of rotatable bonds is 3. The zero-order valence-electron chi connectivity index (χ0n) is 9.32. The van der Waals surface area contributed by atoms with E-state index in [1.807, 2.05) is 24.3 Å². The SMILES string of the molecule is CC(=O)Nc1ccccc1O[C@H]1CCNC1. The lowest BCUT2D eigenvalue weighted by Gasteiger charge is -2.15. The summed E-state index contributed by atoms with van der Waals surface area (Å²) in [6.07, 6.45) is 1.21. The van der Waals surface area contributed by atoms with E-state index >= 15 is 0 Å². The number of benzene rings is 1. The Morgan fingerprint density at radius 2 is 2.31 bits per heavy atom. The molecule has 2 rings (SSSR count). The van der Waals surface area contributed by atoms with Crippen LogP contribution >= 0.6 is 0 Å². The fourth-order valence-corrected chi connectivity index (χ4v) is 1.77.